The Bertz CT molecular complexity index is 229. The van der Waals surface area contributed by atoms with E-state index in [1.807, 2.05) is 0 Å². The summed E-state index contributed by atoms with van der Waals surface area (Å²) in [5.41, 5.74) is 6.02. The molecule has 1 aliphatic heterocycles. The molecule has 1 saturated heterocycles. The van der Waals surface area contributed by atoms with E-state index >= 15 is 0 Å². The highest BCUT2D eigenvalue weighted by molar-refractivity contribution is 4.90. The Hall–Kier alpha value is -0.0800. The SMILES string of the molecule is CCC1CCN(C2CCCCC2C)C(CN)C1. The average molecular weight is 238 g/mol. The van der Waals surface area contributed by atoms with E-state index in [0.717, 1.165) is 24.4 Å². The molecule has 4 atom stereocenters. The van der Waals surface area contributed by atoms with Crippen LogP contribution in [0.4, 0.5) is 0 Å². The zero-order valence-corrected chi connectivity index (χ0v) is 11.7. The van der Waals surface area contributed by atoms with Crippen molar-refractivity contribution in [2.75, 3.05) is 13.1 Å². The number of nitrogens with zero attached hydrogens (tertiary/aromatic N) is 1. The average Bonchev–Trinajstić information content (AvgIpc) is 2.38. The minimum Gasteiger partial charge on any atom is -0.329 e. The summed E-state index contributed by atoms with van der Waals surface area (Å²) >= 11 is 0. The van der Waals surface area contributed by atoms with Gasteiger partial charge in [0.25, 0.3) is 0 Å². The van der Waals surface area contributed by atoms with E-state index < -0.39 is 0 Å². The van der Waals surface area contributed by atoms with Crippen LogP contribution in [0.15, 0.2) is 0 Å². The molecule has 0 aromatic heterocycles. The first kappa shape index (κ1) is 13.4. The number of likely N-dealkylation sites (tertiary alicyclic amines) is 1. The highest BCUT2D eigenvalue weighted by Gasteiger charge is 2.34. The lowest BCUT2D eigenvalue weighted by atomic mass is 9.81. The summed E-state index contributed by atoms with van der Waals surface area (Å²) < 4.78 is 0. The van der Waals surface area contributed by atoms with Crippen LogP contribution in [0.1, 0.15) is 58.8 Å². The zero-order chi connectivity index (χ0) is 12.3. The van der Waals surface area contributed by atoms with Gasteiger partial charge in [0.15, 0.2) is 0 Å². The maximum atomic E-state index is 6.02. The minimum absolute atomic E-state index is 0.666. The van der Waals surface area contributed by atoms with Crippen molar-refractivity contribution in [2.24, 2.45) is 17.6 Å². The van der Waals surface area contributed by atoms with Crippen molar-refractivity contribution in [2.45, 2.75) is 70.9 Å². The summed E-state index contributed by atoms with van der Waals surface area (Å²) in [7, 11) is 0. The van der Waals surface area contributed by atoms with E-state index in [9.17, 15) is 0 Å². The molecule has 0 amide bonds. The van der Waals surface area contributed by atoms with Gasteiger partial charge in [-0.1, -0.05) is 33.1 Å². The van der Waals surface area contributed by atoms with Crippen LogP contribution in [0.5, 0.6) is 0 Å². The van der Waals surface area contributed by atoms with Crippen molar-refractivity contribution in [3.8, 4) is 0 Å². The molecular weight excluding hydrogens is 208 g/mol. The predicted molar refractivity (Wildman–Crippen MR) is 74.0 cm³/mol. The Balaban J connectivity index is 1.98. The summed E-state index contributed by atoms with van der Waals surface area (Å²) in [6, 6.07) is 1.49. The molecule has 2 rings (SSSR count). The highest BCUT2D eigenvalue weighted by atomic mass is 15.2. The van der Waals surface area contributed by atoms with E-state index in [1.165, 1.54) is 51.5 Å². The second kappa shape index (κ2) is 6.19. The van der Waals surface area contributed by atoms with E-state index in [0.29, 0.717) is 6.04 Å². The van der Waals surface area contributed by atoms with Gasteiger partial charge in [-0.05, 0) is 44.1 Å². The predicted octanol–water partition coefficient (Wildman–Crippen LogP) is 3.01. The third-order valence-corrected chi connectivity index (χ3v) is 5.21. The van der Waals surface area contributed by atoms with Crippen molar-refractivity contribution < 1.29 is 0 Å². The number of hydrogen-bond donors (Lipinski definition) is 1. The Morgan fingerprint density at radius 3 is 2.59 bits per heavy atom. The third kappa shape index (κ3) is 3.03. The molecule has 2 nitrogen and oxygen atoms in total. The van der Waals surface area contributed by atoms with Gasteiger partial charge in [-0.2, -0.15) is 0 Å². The fourth-order valence-corrected chi connectivity index (χ4v) is 3.98. The van der Waals surface area contributed by atoms with Gasteiger partial charge in [-0.25, -0.2) is 0 Å². The Kier molecular flexibility index (Phi) is 4.87. The Labute approximate surface area is 107 Å². The molecule has 0 bridgehead atoms. The second-order valence-corrected chi connectivity index (χ2v) is 6.26. The van der Waals surface area contributed by atoms with E-state index in [4.69, 9.17) is 5.73 Å². The molecule has 1 heterocycles. The lowest BCUT2D eigenvalue weighted by Gasteiger charge is -2.47. The van der Waals surface area contributed by atoms with Crippen LogP contribution in [0.2, 0.25) is 0 Å². The van der Waals surface area contributed by atoms with Crippen LogP contribution in [0.3, 0.4) is 0 Å². The van der Waals surface area contributed by atoms with Gasteiger partial charge in [0, 0.05) is 18.6 Å². The van der Waals surface area contributed by atoms with Crippen LogP contribution in [0.25, 0.3) is 0 Å². The molecule has 1 aliphatic carbocycles. The lowest BCUT2D eigenvalue weighted by molar-refractivity contribution is 0.0284. The molecule has 0 aromatic carbocycles. The van der Waals surface area contributed by atoms with Gasteiger partial charge in [0.2, 0.25) is 0 Å². The van der Waals surface area contributed by atoms with Crippen molar-refractivity contribution >= 4 is 0 Å². The second-order valence-electron chi connectivity index (χ2n) is 6.26. The molecule has 2 heteroatoms. The van der Waals surface area contributed by atoms with Gasteiger partial charge in [0.05, 0.1) is 0 Å². The number of piperidine rings is 1. The first-order chi connectivity index (χ1) is 8.26. The summed E-state index contributed by atoms with van der Waals surface area (Å²) in [6.07, 6.45) is 9.79. The highest BCUT2D eigenvalue weighted by Crippen LogP contribution is 2.34. The normalized spacial score (nSPS) is 40.4. The molecule has 17 heavy (non-hydrogen) atoms. The molecule has 2 N–H and O–H groups in total. The minimum atomic E-state index is 0.666. The van der Waals surface area contributed by atoms with E-state index in [1.54, 1.807) is 0 Å². The molecule has 4 unspecified atom stereocenters. The maximum Gasteiger partial charge on any atom is 0.0224 e. The largest absolute Gasteiger partial charge is 0.329 e. The van der Waals surface area contributed by atoms with Crippen molar-refractivity contribution in [1.82, 2.24) is 4.90 Å². The van der Waals surface area contributed by atoms with Crippen molar-refractivity contribution in [1.29, 1.82) is 0 Å². The topological polar surface area (TPSA) is 29.3 Å². The first-order valence-electron chi connectivity index (χ1n) is 7.72. The summed E-state index contributed by atoms with van der Waals surface area (Å²) in [5, 5.41) is 0. The fourth-order valence-electron chi connectivity index (χ4n) is 3.98. The van der Waals surface area contributed by atoms with Crippen LogP contribution in [-0.2, 0) is 0 Å². The van der Waals surface area contributed by atoms with Crippen LogP contribution < -0.4 is 5.73 Å². The van der Waals surface area contributed by atoms with Gasteiger partial charge in [0.1, 0.15) is 0 Å². The summed E-state index contributed by atoms with van der Waals surface area (Å²) in [5.74, 6) is 1.81. The fraction of sp³-hybridized carbons (Fsp3) is 1.00. The molecule has 2 fully saturated rings. The lowest BCUT2D eigenvalue weighted by Crippen LogP contribution is -2.54. The first-order valence-corrected chi connectivity index (χ1v) is 7.72. The Morgan fingerprint density at radius 1 is 1.18 bits per heavy atom. The van der Waals surface area contributed by atoms with Gasteiger partial charge in [-0.3, -0.25) is 4.90 Å². The number of hydrogen-bond acceptors (Lipinski definition) is 2. The molecule has 100 valence electrons. The monoisotopic (exact) mass is 238 g/mol. The molecular formula is C15H30N2. The van der Waals surface area contributed by atoms with E-state index in [-0.39, 0.29) is 0 Å². The zero-order valence-electron chi connectivity index (χ0n) is 11.7. The maximum absolute atomic E-state index is 6.02. The summed E-state index contributed by atoms with van der Waals surface area (Å²) in [6.45, 7) is 6.94. The molecule has 0 radical (unpaired) electrons. The van der Waals surface area contributed by atoms with Gasteiger partial charge in [-0.15, -0.1) is 0 Å². The standard InChI is InChI=1S/C15H30N2/c1-3-13-8-9-17(14(10-13)11-16)15-7-5-4-6-12(15)2/h12-15H,3-11,16H2,1-2H3. The van der Waals surface area contributed by atoms with Crippen molar-refractivity contribution in [3.05, 3.63) is 0 Å². The van der Waals surface area contributed by atoms with Gasteiger partial charge >= 0.3 is 0 Å². The number of nitrogens with two attached hydrogens (primary N) is 1. The quantitative estimate of drug-likeness (QED) is 0.819. The van der Waals surface area contributed by atoms with E-state index in [2.05, 4.69) is 18.7 Å². The molecule has 2 aliphatic rings. The molecule has 0 aromatic rings. The van der Waals surface area contributed by atoms with Crippen LogP contribution in [0, 0.1) is 11.8 Å². The number of rotatable bonds is 3. The third-order valence-electron chi connectivity index (χ3n) is 5.21. The van der Waals surface area contributed by atoms with Crippen LogP contribution in [-0.4, -0.2) is 30.1 Å². The van der Waals surface area contributed by atoms with Crippen molar-refractivity contribution in [3.63, 3.8) is 0 Å². The smallest absolute Gasteiger partial charge is 0.0224 e. The molecule has 0 spiro atoms. The summed E-state index contributed by atoms with van der Waals surface area (Å²) in [4.78, 5) is 2.77. The Morgan fingerprint density at radius 2 is 1.94 bits per heavy atom. The molecule has 1 saturated carbocycles. The van der Waals surface area contributed by atoms with Gasteiger partial charge < -0.3 is 5.73 Å². The van der Waals surface area contributed by atoms with Crippen LogP contribution >= 0.6 is 0 Å².